The molecular formula is C16H19FO2. The van der Waals surface area contributed by atoms with Gasteiger partial charge in [-0.25, -0.2) is 4.39 Å². The third kappa shape index (κ3) is 1.96. The van der Waals surface area contributed by atoms with Crippen molar-refractivity contribution in [1.29, 1.82) is 0 Å². The summed E-state index contributed by atoms with van der Waals surface area (Å²) >= 11 is 0. The van der Waals surface area contributed by atoms with E-state index >= 15 is 0 Å². The van der Waals surface area contributed by atoms with Crippen LogP contribution in [0.25, 0.3) is 0 Å². The maximum Gasteiger partial charge on any atom is 0.170 e. The van der Waals surface area contributed by atoms with Crippen LogP contribution in [0.2, 0.25) is 0 Å². The van der Waals surface area contributed by atoms with E-state index in [9.17, 15) is 9.18 Å². The van der Waals surface area contributed by atoms with Crippen LogP contribution in [0.15, 0.2) is 18.2 Å². The van der Waals surface area contributed by atoms with Crippen LogP contribution in [-0.2, 0) is 0 Å². The minimum atomic E-state index is -0.397. The van der Waals surface area contributed by atoms with Gasteiger partial charge in [0.2, 0.25) is 0 Å². The lowest BCUT2D eigenvalue weighted by Crippen LogP contribution is -2.44. The summed E-state index contributed by atoms with van der Waals surface area (Å²) in [5.41, 5.74) is 0.186. The Balaban J connectivity index is 2.02. The van der Waals surface area contributed by atoms with Crippen LogP contribution in [0.5, 0.6) is 5.75 Å². The van der Waals surface area contributed by atoms with Crippen LogP contribution >= 0.6 is 0 Å². The van der Waals surface area contributed by atoms with Gasteiger partial charge in [-0.05, 0) is 42.4 Å². The summed E-state index contributed by atoms with van der Waals surface area (Å²) in [5.74, 6) is 0.503. The fourth-order valence-electron chi connectivity index (χ4n) is 3.88. The normalized spacial score (nSPS) is 32.2. The van der Waals surface area contributed by atoms with Crippen molar-refractivity contribution < 1.29 is 13.9 Å². The highest BCUT2D eigenvalue weighted by atomic mass is 19.1. The zero-order valence-electron chi connectivity index (χ0n) is 11.6. The van der Waals surface area contributed by atoms with Gasteiger partial charge in [-0.2, -0.15) is 0 Å². The minimum Gasteiger partial charge on any atom is -0.486 e. The number of hydrogen-bond acceptors (Lipinski definition) is 2. The van der Waals surface area contributed by atoms with Gasteiger partial charge in [0.25, 0.3) is 0 Å². The van der Waals surface area contributed by atoms with Crippen molar-refractivity contribution in [3.63, 3.8) is 0 Å². The molecule has 1 heterocycles. The summed E-state index contributed by atoms with van der Waals surface area (Å²) in [6.07, 6.45) is 2.30. The van der Waals surface area contributed by atoms with Crippen LogP contribution in [0.1, 0.15) is 50.4 Å². The molecule has 0 N–H and O–H groups in total. The maximum absolute atomic E-state index is 13.2. The fraction of sp³-hybridized carbons (Fsp3) is 0.562. The standard InChI is InChI=1S/C16H19FO2/c1-10-7-15(2,3)9-16(10)8-13(18)12-6-11(17)4-5-14(12)19-16/h4-6,10H,7-9H2,1-3H3. The number of carbonyl (C=O) groups excluding carboxylic acids is 1. The molecule has 2 aliphatic rings. The molecule has 1 aromatic rings. The highest BCUT2D eigenvalue weighted by molar-refractivity contribution is 6.00. The lowest BCUT2D eigenvalue weighted by atomic mass is 9.82. The van der Waals surface area contributed by atoms with E-state index in [1.165, 1.54) is 12.1 Å². The smallest absolute Gasteiger partial charge is 0.170 e. The van der Waals surface area contributed by atoms with Gasteiger partial charge in [-0.15, -0.1) is 0 Å². The van der Waals surface area contributed by atoms with Crippen LogP contribution in [0.3, 0.4) is 0 Å². The fourth-order valence-corrected chi connectivity index (χ4v) is 3.88. The second-order valence-electron chi connectivity index (χ2n) is 6.85. The van der Waals surface area contributed by atoms with E-state index in [0.717, 1.165) is 12.8 Å². The molecule has 1 spiro atoms. The molecule has 0 radical (unpaired) electrons. The maximum atomic E-state index is 13.2. The Bertz CT molecular complexity index is 550. The molecule has 19 heavy (non-hydrogen) atoms. The highest BCUT2D eigenvalue weighted by Crippen LogP contribution is 2.53. The number of ether oxygens (including phenoxy) is 1. The van der Waals surface area contributed by atoms with E-state index in [1.54, 1.807) is 6.07 Å². The number of ketones is 1. The summed E-state index contributed by atoms with van der Waals surface area (Å²) in [5, 5.41) is 0. The second kappa shape index (κ2) is 3.81. The minimum absolute atomic E-state index is 0.00491. The van der Waals surface area contributed by atoms with E-state index in [-0.39, 0.29) is 17.0 Å². The predicted octanol–water partition coefficient (Wildman–Crippen LogP) is 3.99. The Morgan fingerprint density at radius 1 is 1.37 bits per heavy atom. The van der Waals surface area contributed by atoms with E-state index in [2.05, 4.69) is 20.8 Å². The Morgan fingerprint density at radius 3 is 2.74 bits per heavy atom. The van der Waals surface area contributed by atoms with E-state index in [4.69, 9.17) is 4.74 Å². The van der Waals surface area contributed by atoms with Gasteiger partial charge in [0.1, 0.15) is 17.2 Å². The lowest BCUT2D eigenvalue weighted by molar-refractivity contribution is 0.0137. The first-order valence-electron chi connectivity index (χ1n) is 6.83. The molecule has 1 fully saturated rings. The van der Waals surface area contributed by atoms with Gasteiger partial charge >= 0.3 is 0 Å². The largest absolute Gasteiger partial charge is 0.486 e. The zero-order valence-corrected chi connectivity index (χ0v) is 11.6. The third-order valence-corrected chi connectivity index (χ3v) is 4.55. The Hall–Kier alpha value is -1.38. The number of carbonyl (C=O) groups is 1. The molecule has 102 valence electrons. The van der Waals surface area contributed by atoms with E-state index in [0.29, 0.717) is 23.7 Å². The van der Waals surface area contributed by atoms with Gasteiger partial charge in [0.15, 0.2) is 5.78 Å². The van der Waals surface area contributed by atoms with Crippen molar-refractivity contribution in [3.8, 4) is 5.75 Å². The van der Waals surface area contributed by atoms with Gasteiger partial charge in [-0.1, -0.05) is 20.8 Å². The number of fused-ring (bicyclic) bond motifs is 1. The molecule has 1 aromatic carbocycles. The molecule has 2 atom stereocenters. The van der Waals surface area contributed by atoms with Gasteiger partial charge < -0.3 is 4.74 Å². The van der Waals surface area contributed by atoms with Crippen molar-refractivity contribution >= 4 is 5.78 Å². The SMILES string of the molecule is CC1CC(C)(C)CC12CC(=O)c1cc(F)ccc1O2. The molecule has 0 bridgehead atoms. The molecule has 2 unspecified atom stereocenters. The van der Waals surface area contributed by atoms with Crippen LogP contribution in [0, 0.1) is 17.2 Å². The average molecular weight is 262 g/mol. The number of halogens is 1. The molecule has 3 rings (SSSR count). The molecule has 0 amide bonds. The van der Waals surface area contributed by atoms with Crippen LogP contribution in [0.4, 0.5) is 4.39 Å². The Kier molecular flexibility index (Phi) is 2.54. The first-order valence-corrected chi connectivity index (χ1v) is 6.83. The highest BCUT2D eigenvalue weighted by Gasteiger charge is 2.53. The molecular weight excluding hydrogens is 243 g/mol. The topological polar surface area (TPSA) is 26.3 Å². The summed E-state index contributed by atoms with van der Waals surface area (Å²) < 4.78 is 19.4. The molecule has 0 aromatic heterocycles. The first-order chi connectivity index (χ1) is 8.81. The average Bonchev–Trinajstić information content (AvgIpc) is 2.49. The van der Waals surface area contributed by atoms with Gasteiger partial charge in [-0.3, -0.25) is 4.79 Å². The quantitative estimate of drug-likeness (QED) is 0.706. The Morgan fingerprint density at radius 2 is 2.11 bits per heavy atom. The van der Waals surface area contributed by atoms with Gasteiger partial charge in [0.05, 0.1) is 12.0 Å². The van der Waals surface area contributed by atoms with Gasteiger partial charge in [0, 0.05) is 0 Å². The third-order valence-electron chi connectivity index (χ3n) is 4.55. The van der Waals surface area contributed by atoms with Crippen molar-refractivity contribution in [2.24, 2.45) is 11.3 Å². The lowest BCUT2D eigenvalue weighted by Gasteiger charge is -2.38. The van der Waals surface area contributed by atoms with Crippen molar-refractivity contribution in [2.45, 2.75) is 45.6 Å². The number of rotatable bonds is 0. The molecule has 3 heteroatoms. The molecule has 1 saturated carbocycles. The Labute approximate surface area is 113 Å². The van der Waals surface area contributed by atoms with Crippen molar-refractivity contribution in [3.05, 3.63) is 29.6 Å². The van der Waals surface area contributed by atoms with Crippen LogP contribution < -0.4 is 4.74 Å². The monoisotopic (exact) mass is 262 g/mol. The molecule has 0 saturated heterocycles. The summed E-state index contributed by atoms with van der Waals surface area (Å²) in [4.78, 5) is 12.3. The number of hydrogen-bond donors (Lipinski definition) is 0. The number of Topliss-reactive ketones (excluding diaryl/α,β-unsaturated/α-hetero) is 1. The van der Waals surface area contributed by atoms with E-state index in [1.807, 2.05) is 0 Å². The number of benzene rings is 1. The van der Waals surface area contributed by atoms with E-state index < -0.39 is 5.60 Å². The molecule has 2 nitrogen and oxygen atoms in total. The first kappa shape index (κ1) is 12.6. The zero-order chi connectivity index (χ0) is 13.8. The summed E-state index contributed by atoms with van der Waals surface area (Å²) in [6, 6.07) is 4.23. The molecule has 1 aliphatic heterocycles. The van der Waals surface area contributed by atoms with Crippen LogP contribution in [-0.4, -0.2) is 11.4 Å². The second-order valence-corrected chi connectivity index (χ2v) is 6.85. The van der Waals surface area contributed by atoms with Crippen molar-refractivity contribution in [2.75, 3.05) is 0 Å². The summed E-state index contributed by atoms with van der Waals surface area (Å²) in [6.45, 7) is 6.58. The molecule has 1 aliphatic carbocycles. The predicted molar refractivity (Wildman–Crippen MR) is 70.9 cm³/mol. The van der Waals surface area contributed by atoms with Crippen molar-refractivity contribution in [1.82, 2.24) is 0 Å². The summed E-state index contributed by atoms with van der Waals surface area (Å²) in [7, 11) is 0.